The topological polar surface area (TPSA) is 79.7 Å². The quantitative estimate of drug-likeness (QED) is 0.895. The predicted octanol–water partition coefficient (Wildman–Crippen LogP) is 1.68. The smallest absolute Gasteiger partial charge is 0.274 e. The molecule has 0 aliphatic carbocycles. The van der Waals surface area contributed by atoms with E-state index in [9.17, 15) is 4.79 Å². The molecule has 7 nitrogen and oxygen atoms in total. The Morgan fingerprint density at radius 3 is 2.95 bits per heavy atom. The van der Waals surface area contributed by atoms with E-state index in [4.69, 9.17) is 4.84 Å². The molecule has 2 aliphatic heterocycles. The largest absolute Gasteiger partial charge is 0.390 e. The normalized spacial score (nSPS) is 20.7. The molecule has 3 heterocycles. The average Bonchev–Trinajstić information content (AvgIpc) is 3.24. The summed E-state index contributed by atoms with van der Waals surface area (Å²) in [7, 11) is 0. The summed E-state index contributed by atoms with van der Waals surface area (Å²) < 4.78 is 0. The van der Waals surface area contributed by atoms with E-state index < -0.39 is 0 Å². The number of nitrogens with one attached hydrogen (secondary N) is 1. The third-order valence-electron chi connectivity index (χ3n) is 3.96. The molecule has 0 spiro atoms. The lowest BCUT2D eigenvalue weighted by Crippen LogP contribution is -2.29. The number of oxime groups is 1. The van der Waals surface area contributed by atoms with Gasteiger partial charge in [0.05, 0.1) is 24.7 Å². The molecule has 1 saturated heterocycles. The molecule has 22 heavy (non-hydrogen) atoms. The van der Waals surface area contributed by atoms with Crippen LogP contribution in [0.2, 0.25) is 0 Å². The Bertz CT molecular complexity index is 569. The summed E-state index contributed by atoms with van der Waals surface area (Å²) >= 11 is 0. The van der Waals surface area contributed by atoms with Gasteiger partial charge in [-0.15, -0.1) is 0 Å². The van der Waals surface area contributed by atoms with Crippen molar-refractivity contribution in [2.45, 2.75) is 38.7 Å². The van der Waals surface area contributed by atoms with E-state index in [-0.39, 0.29) is 12.0 Å². The molecule has 7 heteroatoms. The van der Waals surface area contributed by atoms with Gasteiger partial charge in [0.1, 0.15) is 17.6 Å². The van der Waals surface area contributed by atoms with E-state index in [2.05, 4.69) is 27.4 Å². The Kier molecular flexibility index (Phi) is 4.50. The van der Waals surface area contributed by atoms with Gasteiger partial charge in [-0.25, -0.2) is 4.98 Å². The molecule has 0 bridgehead atoms. The van der Waals surface area contributed by atoms with E-state index in [1.165, 1.54) is 6.20 Å². The van der Waals surface area contributed by atoms with Crippen molar-refractivity contribution in [2.24, 2.45) is 5.16 Å². The van der Waals surface area contributed by atoms with Crippen molar-refractivity contribution in [2.75, 3.05) is 25.0 Å². The lowest BCUT2D eigenvalue weighted by Gasteiger charge is -2.15. The van der Waals surface area contributed by atoms with E-state index in [0.717, 1.165) is 44.5 Å². The van der Waals surface area contributed by atoms with Gasteiger partial charge in [0.2, 0.25) is 0 Å². The molecule has 118 valence electrons. The van der Waals surface area contributed by atoms with Gasteiger partial charge >= 0.3 is 0 Å². The summed E-state index contributed by atoms with van der Waals surface area (Å²) in [6.07, 6.45) is 7.05. The minimum absolute atomic E-state index is 0.0229. The van der Waals surface area contributed by atoms with Crippen molar-refractivity contribution < 1.29 is 9.63 Å². The zero-order valence-electron chi connectivity index (χ0n) is 12.8. The van der Waals surface area contributed by atoms with E-state index in [1.54, 1.807) is 6.20 Å². The van der Waals surface area contributed by atoms with Crippen LogP contribution < -0.4 is 5.32 Å². The monoisotopic (exact) mass is 303 g/mol. The summed E-state index contributed by atoms with van der Waals surface area (Å²) in [6.45, 7) is 4.29. The molecule has 1 atom stereocenters. The SMILES string of the molecule is CCC1=NOC(CNc2cncc(C(=O)N3CCCC3)n2)C1. The standard InChI is InChI=1S/C15H21N5O2/c1-2-11-7-12(22-19-11)8-17-14-10-16-9-13(18-14)15(21)20-5-3-4-6-20/h9-10,12H,2-8H2,1H3,(H,17,18). The van der Waals surface area contributed by atoms with Crippen molar-refractivity contribution in [3.63, 3.8) is 0 Å². The van der Waals surface area contributed by atoms with Gasteiger partial charge in [0.25, 0.3) is 5.91 Å². The molecule has 1 aromatic rings. The Morgan fingerprint density at radius 2 is 2.23 bits per heavy atom. The second-order valence-corrected chi connectivity index (χ2v) is 5.61. The van der Waals surface area contributed by atoms with E-state index in [1.807, 2.05) is 4.90 Å². The number of hydrogen-bond acceptors (Lipinski definition) is 6. The van der Waals surface area contributed by atoms with Gasteiger partial charge in [0, 0.05) is 19.5 Å². The van der Waals surface area contributed by atoms with Crippen LogP contribution in [0.5, 0.6) is 0 Å². The Labute approximate surface area is 129 Å². The number of amides is 1. The zero-order chi connectivity index (χ0) is 15.4. The maximum absolute atomic E-state index is 12.3. The van der Waals surface area contributed by atoms with Crippen LogP contribution in [0.15, 0.2) is 17.5 Å². The molecule has 3 rings (SSSR count). The van der Waals surface area contributed by atoms with E-state index in [0.29, 0.717) is 18.1 Å². The molecule has 1 fully saturated rings. The van der Waals surface area contributed by atoms with Gasteiger partial charge in [-0.05, 0) is 19.3 Å². The Hall–Kier alpha value is -2.18. The van der Waals surface area contributed by atoms with Gasteiger partial charge in [-0.3, -0.25) is 9.78 Å². The molecule has 1 amide bonds. The number of carbonyl (C=O) groups is 1. The second-order valence-electron chi connectivity index (χ2n) is 5.61. The van der Waals surface area contributed by atoms with Crippen LogP contribution in [0.1, 0.15) is 43.1 Å². The van der Waals surface area contributed by atoms with Crippen LogP contribution in [-0.2, 0) is 4.84 Å². The molecule has 0 aromatic carbocycles. The highest BCUT2D eigenvalue weighted by Crippen LogP contribution is 2.15. The molecule has 2 aliphatic rings. The Balaban J connectivity index is 1.56. The minimum atomic E-state index is -0.0395. The third-order valence-corrected chi connectivity index (χ3v) is 3.96. The number of anilines is 1. The zero-order valence-corrected chi connectivity index (χ0v) is 12.8. The number of nitrogens with zero attached hydrogens (tertiary/aromatic N) is 4. The molecule has 0 radical (unpaired) electrons. The molecular weight excluding hydrogens is 282 g/mol. The van der Waals surface area contributed by atoms with Crippen molar-refractivity contribution >= 4 is 17.4 Å². The molecule has 1 N–H and O–H groups in total. The molecule has 1 aromatic heterocycles. The van der Waals surface area contributed by atoms with Crippen LogP contribution >= 0.6 is 0 Å². The number of hydrogen-bond donors (Lipinski definition) is 1. The minimum Gasteiger partial charge on any atom is -0.390 e. The predicted molar refractivity (Wildman–Crippen MR) is 82.9 cm³/mol. The highest BCUT2D eigenvalue weighted by molar-refractivity contribution is 5.92. The fourth-order valence-corrected chi connectivity index (χ4v) is 2.66. The summed E-state index contributed by atoms with van der Waals surface area (Å²) in [6, 6.07) is 0. The van der Waals surface area contributed by atoms with Gasteiger partial charge < -0.3 is 15.1 Å². The summed E-state index contributed by atoms with van der Waals surface area (Å²) in [5.41, 5.74) is 1.47. The first-order valence-electron chi connectivity index (χ1n) is 7.83. The highest BCUT2D eigenvalue weighted by Gasteiger charge is 2.22. The van der Waals surface area contributed by atoms with Crippen molar-refractivity contribution in [3.05, 3.63) is 18.1 Å². The fourth-order valence-electron chi connectivity index (χ4n) is 2.66. The van der Waals surface area contributed by atoms with Crippen molar-refractivity contribution in [1.29, 1.82) is 0 Å². The Morgan fingerprint density at radius 1 is 1.41 bits per heavy atom. The summed E-state index contributed by atoms with van der Waals surface area (Å²) in [5, 5.41) is 7.20. The summed E-state index contributed by atoms with van der Waals surface area (Å²) in [5.74, 6) is 0.556. The number of rotatable bonds is 5. The number of carbonyl (C=O) groups excluding carboxylic acids is 1. The third kappa shape index (κ3) is 3.35. The van der Waals surface area contributed by atoms with Crippen LogP contribution in [0, 0.1) is 0 Å². The maximum Gasteiger partial charge on any atom is 0.274 e. The first-order valence-corrected chi connectivity index (χ1v) is 7.83. The molecule has 0 saturated carbocycles. The van der Waals surface area contributed by atoms with Gasteiger partial charge in [-0.1, -0.05) is 12.1 Å². The number of aromatic nitrogens is 2. The van der Waals surface area contributed by atoms with Crippen molar-refractivity contribution in [3.8, 4) is 0 Å². The first-order chi connectivity index (χ1) is 10.8. The van der Waals surface area contributed by atoms with Crippen LogP contribution in [-0.4, -0.2) is 52.2 Å². The molecule has 1 unspecified atom stereocenters. The maximum atomic E-state index is 12.3. The average molecular weight is 303 g/mol. The van der Waals surface area contributed by atoms with Gasteiger partial charge in [0.15, 0.2) is 0 Å². The molecular formula is C15H21N5O2. The van der Waals surface area contributed by atoms with Crippen LogP contribution in [0.3, 0.4) is 0 Å². The van der Waals surface area contributed by atoms with E-state index >= 15 is 0 Å². The van der Waals surface area contributed by atoms with Gasteiger partial charge in [-0.2, -0.15) is 0 Å². The second kappa shape index (κ2) is 6.72. The highest BCUT2D eigenvalue weighted by atomic mass is 16.6. The fraction of sp³-hybridized carbons (Fsp3) is 0.600. The number of likely N-dealkylation sites (tertiary alicyclic amines) is 1. The van der Waals surface area contributed by atoms with Crippen LogP contribution in [0.25, 0.3) is 0 Å². The summed E-state index contributed by atoms with van der Waals surface area (Å²) in [4.78, 5) is 27.9. The van der Waals surface area contributed by atoms with Crippen LogP contribution in [0.4, 0.5) is 5.82 Å². The van der Waals surface area contributed by atoms with Crippen molar-refractivity contribution in [1.82, 2.24) is 14.9 Å². The lowest BCUT2D eigenvalue weighted by molar-refractivity contribution is 0.0786. The first kappa shape index (κ1) is 14.7. The lowest BCUT2D eigenvalue weighted by atomic mass is 10.1.